The first kappa shape index (κ1) is 9.85. The van der Waals surface area contributed by atoms with Gasteiger partial charge in [0, 0.05) is 6.20 Å². The maximum atomic E-state index is 10.5. The fourth-order valence-electron chi connectivity index (χ4n) is 0.839. The number of carbonyl (C=O) groups is 1. The lowest BCUT2D eigenvalue weighted by Gasteiger charge is -2.02. The Morgan fingerprint density at radius 3 is 2.92 bits per heavy atom. The SMILES string of the molecule is Cc1cnc(SCC(N)=O)c(N)c1. The number of primary amides is 1. The molecule has 0 radical (unpaired) electrons. The molecule has 4 nitrogen and oxygen atoms in total. The lowest BCUT2D eigenvalue weighted by molar-refractivity contribution is -0.115. The second kappa shape index (κ2) is 4.13. The largest absolute Gasteiger partial charge is 0.397 e. The van der Waals surface area contributed by atoms with Gasteiger partial charge >= 0.3 is 0 Å². The van der Waals surface area contributed by atoms with Crippen molar-refractivity contribution in [1.29, 1.82) is 0 Å². The third-order valence-electron chi connectivity index (χ3n) is 1.37. The van der Waals surface area contributed by atoms with Crippen LogP contribution >= 0.6 is 11.8 Å². The van der Waals surface area contributed by atoms with Crippen LogP contribution in [0, 0.1) is 6.92 Å². The highest BCUT2D eigenvalue weighted by Gasteiger charge is 2.03. The second-order valence-electron chi connectivity index (χ2n) is 2.66. The first-order chi connectivity index (χ1) is 6.09. The lowest BCUT2D eigenvalue weighted by Crippen LogP contribution is -2.13. The van der Waals surface area contributed by atoms with Crippen molar-refractivity contribution in [3.8, 4) is 0 Å². The summed E-state index contributed by atoms with van der Waals surface area (Å²) in [5.41, 5.74) is 12.3. The highest BCUT2D eigenvalue weighted by atomic mass is 32.2. The molecule has 70 valence electrons. The Kier molecular flexibility index (Phi) is 3.13. The fourth-order valence-corrected chi connectivity index (χ4v) is 1.47. The number of nitrogens with two attached hydrogens (primary N) is 2. The van der Waals surface area contributed by atoms with Crippen LogP contribution in [-0.2, 0) is 4.79 Å². The average Bonchev–Trinajstić information content (AvgIpc) is 2.02. The summed E-state index contributed by atoms with van der Waals surface area (Å²) in [6.07, 6.45) is 1.71. The van der Waals surface area contributed by atoms with Gasteiger partial charge in [0.15, 0.2) is 0 Å². The van der Waals surface area contributed by atoms with Gasteiger partial charge in [-0.1, -0.05) is 11.8 Å². The third kappa shape index (κ3) is 2.95. The molecule has 1 aromatic heterocycles. The summed E-state index contributed by atoms with van der Waals surface area (Å²) in [5, 5.41) is 0.657. The van der Waals surface area contributed by atoms with E-state index in [1.807, 2.05) is 13.0 Å². The van der Waals surface area contributed by atoms with Crippen LogP contribution in [0.5, 0.6) is 0 Å². The Labute approximate surface area is 80.7 Å². The Bertz CT molecular complexity index is 327. The molecule has 0 saturated carbocycles. The van der Waals surface area contributed by atoms with Crippen molar-refractivity contribution in [2.75, 3.05) is 11.5 Å². The molecule has 0 fully saturated rings. The van der Waals surface area contributed by atoms with Gasteiger partial charge in [0.25, 0.3) is 0 Å². The van der Waals surface area contributed by atoms with Gasteiger partial charge in [0.05, 0.1) is 11.4 Å². The molecule has 0 spiro atoms. The number of hydrogen-bond donors (Lipinski definition) is 2. The maximum Gasteiger partial charge on any atom is 0.227 e. The van der Waals surface area contributed by atoms with E-state index in [4.69, 9.17) is 11.5 Å². The number of thioether (sulfide) groups is 1. The number of anilines is 1. The van der Waals surface area contributed by atoms with Crippen LogP contribution < -0.4 is 11.5 Å². The van der Waals surface area contributed by atoms with E-state index in [1.54, 1.807) is 6.20 Å². The molecule has 1 rings (SSSR count). The van der Waals surface area contributed by atoms with Gasteiger partial charge in [-0.05, 0) is 18.6 Å². The van der Waals surface area contributed by atoms with Crippen molar-refractivity contribution in [3.63, 3.8) is 0 Å². The van der Waals surface area contributed by atoms with Crippen LogP contribution in [0.25, 0.3) is 0 Å². The minimum absolute atomic E-state index is 0.209. The van der Waals surface area contributed by atoms with E-state index < -0.39 is 0 Å². The Morgan fingerprint density at radius 2 is 2.38 bits per heavy atom. The zero-order valence-electron chi connectivity index (χ0n) is 7.28. The molecule has 0 aromatic carbocycles. The Balaban J connectivity index is 2.72. The molecule has 1 amide bonds. The third-order valence-corrected chi connectivity index (χ3v) is 2.41. The van der Waals surface area contributed by atoms with E-state index in [9.17, 15) is 4.79 Å². The van der Waals surface area contributed by atoms with Crippen molar-refractivity contribution in [1.82, 2.24) is 4.98 Å². The van der Waals surface area contributed by atoms with Crippen LogP contribution in [-0.4, -0.2) is 16.6 Å². The number of pyridine rings is 1. The molecule has 13 heavy (non-hydrogen) atoms. The molecule has 0 aliphatic heterocycles. The number of aromatic nitrogens is 1. The molecular weight excluding hydrogens is 186 g/mol. The Morgan fingerprint density at radius 1 is 1.69 bits per heavy atom. The molecule has 0 aliphatic rings. The molecule has 1 aromatic rings. The van der Waals surface area contributed by atoms with Crippen LogP contribution in [0.15, 0.2) is 17.3 Å². The topological polar surface area (TPSA) is 82.0 Å². The van der Waals surface area contributed by atoms with E-state index in [-0.39, 0.29) is 11.7 Å². The van der Waals surface area contributed by atoms with Gasteiger partial charge in [-0.15, -0.1) is 0 Å². The highest BCUT2D eigenvalue weighted by molar-refractivity contribution is 8.00. The van der Waals surface area contributed by atoms with E-state index in [0.717, 1.165) is 5.56 Å². The molecular formula is C8H11N3OS. The molecule has 0 unspecified atom stereocenters. The first-order valence-electron chi connectivity index (χ1n) is 3.73. The molecule has 1 heterocycles. The van der Waals surface area contributed by atoms with E-state index in [1.165, 1.54) is 11.8 Å². The molecule has 0 aliphatic carbocycles. The number of rotatable bonds is 3. The average molecular weight is 197 g/mol. The number of hydrogen-bond acceptors (Lipinski definition) is 4. The quantitative estimate of drug-likeness (QED) is 0.693. The Hall–Kier alpha value is -1.23. The predicted octanol–water partition coefficient (Wildman–Crippen LogP) is 0.550. The molecule has 0 bridgehead atoms. The summed E-state index contributed by atoms with van der Waals surface area (Å²) >= 11 is 1.25. The van der Waals surface area contributed by atoms with Crippen molar-refractivity contribution < 1.29 is 4.79 Å². The fraction of sp³-hybridized carbons (Fsp3) is 0.250. The first-order valence-corrected chi connectivity index (χ1v) is 4.71. The van der Waals surface area contributed by atoms with Crippen molar-refractivity contribution in [2.24, 2.45) is 5.73 Å². The van der Waals surface area contributed by atoms with E-state index in [2.05, 4.69) is 4.98 Å². The highest BCUT2D eigenvalue weighted by Crippen LogP contribution is 2.22. The standard InChI is InChI=1S/C8H11N3OS/c1-5-2-6(9)8(11-3-5)13-4-7(10)12/h2-3H,4,9H2,1H3,(H2,10,12). The van der Waals surface area contributed by atoms with Crippen LogP contribution in [0.4, 0.5) is 5.69 Å². The van der Waals surface area contributed by atoms with E-state index >= 15 is 0 Å². The molecule has 0 saturated heterocycles. The summed E-state index contributed by atoms with van der Waals surface area (Å²) in [6, 6.07) is 1.82. The van der Waals surface area contributed by atoms with Gasteiger partial charge < -0.3 is 11.5 Å². The summed E-state index contributed by atoms with van der Waals surface area (Å²) < 4.78 is 0. The molecule has 4 N–H and O–H groups in total. The van der Waals surface area contributed by atoms with Gasteiger partial charge in [-0.25, -0.2) is 4.98 Å². The van der Waals surface area contributed by atoms with Crippen molar-refractivity contribution in [2.45, 2.75) is 11.9 Å². The van der Waals surface area contributed by atoms with Crippen LogP contribution in [0.2, 0.25) is 0 Å². The van der Waals surface area contributed by atoms with Gasteiger partial charge in [0.2, 0.25) is 5.91 Å². The monoisotopic (exact) mass is 197 g/mol. The summed E-state index contributed by atoms with van der Waals surface area (Å²) in [4.78, 5) is 14.6. The zero-order chi connectivity index (χ0) is 9.84. The van der Waals surface area contributed by atoms with Gasteiger partial charge in [0.1, 0.15) is 5.03 Å². The van der Waals surface area contributed by atoms with Crippen LogP contribution in [0.1, 0.15) is 5.56 Å². The molecule has 5 heteroatoms. The number of amides is 1. The minimum Gasteiger partial charge on any atom is -0.397 e. The van der Waals surface area contributed by atoms with Gasteiger partial charge in [-0.3, -0.25) is 4.79 Å². The summed E-state index contributed by atoms with van der Waals surface area (Å²) in [7, 11) is 0. The molecule has 0 atom stereocenters. The number of aryl methyl sites for hydroxylation is 1. The van der Waals surface area contributed by atoms with Crippen molar-refractivity contribution >= 4 is 23.4 Å². The number of nitrogens with zero attached hydrogens (tertiary/aromatic N) is 1. The normalized spacial score (nSPS) is 9.92. The lowest BCUT2D eigenvalue weighted by atomic mass is 10.3. The minimum atomic E-state index is -0.369. The number of nitrogen functional groups attached to an aromatic ring is 1. The summed E-state index contributed by atoms with van der Waals surface area (Å²) in [5.74, 6) is -0.160. The number of carbonyl (C=O) groups excluding carboxylic acids is 1. The van der Waals surface area contributed by atoms with Crippen LogP contribution in [0.3, 0.4) is 0 Å². The smallest absolute Gasteiger partial charge is 0.227 e. The maximum absolute atomic E-state index is 10.5. The summed E-state index contributed by atoms with van der Waals surface area (Å²) in [6.45, 7) is 1.91. The van der Waals surface area contributed by atoms with E-state index in [0.29, 0.717) is 10.7 Å². The second-order valence-corrected chi connectivity index (χ2v) is 3.63. The van der Waals surface area contributed by atoms with Gasteiger partial charge in [-0.2, -0.15) is 0 Å². The zero-order valence-corrected chi connectivity index (χ0v) is 8.10. The predicted molar refractivity (Wildman–Crippen MR) is 53.3 cm³/mol. The van der Waals surface area contributed by atoms with Crippen molar-refractivity contribution in [3.05, 3.63) is 17.8 Å².